The molecule has 0 bridgehead atoms. The lowest BCUT2D eigenvalue weighted by atomic mass is 10.0. The zero-order chi connectivity index (χ0) is 29.5. The molecule has 0 fully saturated rings. The Labute approximate surface area is 234 Å². The molecule has 0 spiro atoms. The quantitative estimate of drug-likeness (QED) is 0.0602. The highest BCUT2D eigenvalue weighted by molar-refractivity contribution is 7.93. The maximum absolute atomic E-state index is 14.0. The molecule has 0 aromatic heterocycles. The third-order valence-corrected chi connectivity index (χ3v) is 11.6. The molecule has 0 N–H and O–H groups in total. The number of rotatable bonds is 24. The lowest BCUT2D eigenvalue weighted by Gasteiger charge is -2.42. The van der Waals surface area contributed by atoms with Crippen molar-refractivity contribution in [2.75, 3.05) is 48.5 Å². The van der Waals surface area contributed by atoms with Gasteiger partial charge in [-0.3, -0.25) is 9.09 Å². The fourth-order valence-electron chi connectivity index (χ4n) is 4.35. The average molecular weight is 588 g/mol. The minimum absolute atomic E-state index is 0.0848. The van der Waals surface area contributed by atoms with E-state index in [1.807, 2.05) is 21.1 Å². The minimum atomic E-state index is -4.90. The summed E-state index contributed by atoms with van der Waals surface area (Å²) in [6, 6.07) is 0. The van der Waals surface area contributed by atoms with Gasteiger partial charge < -0.3 is 23.4 Å². The molecule has 11 heteroatoms. The fraction of sp³-hybridized carbons (Fsp3) is 1.00. The number of hydrogen-bond donors (Lipinski definition) is 0. The molecular formula is C27H58NO8PS. The molecule has 230 valence electrons. The predicted octanol–water partition coefficient (Wildman–Crippen LogP) is 5.81. The first-order chi connectivity index (χ1) is 17.5. The van der Waals surface area contributed by atoms with Gasteiger partial charge in [0.25, 0.3) is 7.82 Å². The summed E-state index contributed by atoms with van der Waals surface area (Å²) in [6.45, 7) is 6.96. The Morgan fingerprint density at radius 3 is 1.68 bits per heavy atom. The number of likely N-dealkylation sites (N-methyl/N-ethyl adjacent to an activating group) is 1. The van der Waals surface area contributed by atoms with Crippen molar-refractivity contribution in [1.82, 2.24) is 0 Å². The van der Waals surface area contributed by atoms with Gasteiger partial charge in [0.1, 0.15) is 18.4 Å². The zero-order valence-corrected chi connectivity index (χ0v) is 27.5. The van der Waals surface area contributed by atoms with E-state index in [1.54, 1.807) is 13.8 Å². The van der Waals surface area contributed by atoms with E-state index in [-0.39, 0.29) is 19.4 Å². The SMILES string of the molecule is CCCCCCCCCCCCCC(C(C)(OC)OC)S(=O)(=O)C(C)(CC)OP(=O)([O-])OCC[N+](C)(C)C. The van der Waals surface area contributed by atoms with E-state index in [0.29, 0.717) is 17.4 Å². The highest BCUT2D eigenvalue weighted by Crippen LogP contribution is 2.48. The van der Waals surface area contributed by atoms with Gasteiger partial charge in [0.15, 0.2) is 20.6 Å². The van der Waals surface area contributed by atoms with Crippen molar-refractivity contribution >= 4 is 17.7 Å². The Morgan fingerprint density at radius 1 is 0.842 bits per heavy atom. The summed E-state index contributed by atoms with van der Waals surface area (Å²) in [4.78, 5) is 10.6. The molecule has 38 heavy (non-hydrogen) atoms. The summed E-state index contributed by atoms with van der Waals surface area (Å²) in [6.07, 6.45) is 12.7. The molecule has 3 atom stereocenters. The van der Waals surface area contributed by atoms with Gasteiger partial charge >= 0.3 is 0 Å². The number of sulfone groups is 1. The third-order valence-electron chi connectivity index (χ3n) is 7.40. The number of hydrogen-bond acceptors (Lipinski definition) is 8. The van der Waals surface area contributed by atoms with Gasteiger partial charge in [0.2, 0.25) is 0 Å². The van der Waals surface area contributed by atoms with E-state index in [4.69, 9.17) is 18.5 Å². The fourth-order valence-corrected chi connectivity index (χ4v) is 8.23. The average Bonchev–Trinajstić information content (AvgIpc) is 2.82. The van der Waals surface area contributed by atoms with Gasteiger partial charge in [0.05, 0.1) is 21.1 Å². The first-order valence-electron chi connectivity index (χ1n) is 14.3. The van der Waals surface area contributed by atoms with Gasteiger partial charge in [-0.05, 0) is 26.7 Å². The van der Waals surface area contributed by atoms with E-state index >= 15 is 0 Å². The predicted molar refractivity (Wildman–Crippen MR) is 152 cm³/mol. The van der Waals surface area contributed by atoms with Crippen LogP contribution in [0.15, 0.2) is 0 Å². The number of phosphoric ester groups is 1. The van der Waals surface area contributed by atoms with Crippen molar-refractivity contribution in [1.29, 1.82) is 0 Å². The summed E-state index contributed by atoms with van der Waals surface area (Å²) in [5.74, 6) is -1.46. The van der Waals surface area contributed by atoms with Crippen molar-refractivity contribution in [3.63, 3.8) is 0 Å². The summed E-state index contributed by atoms with van der Waals surface area (Å²) in [5.41, 5.74) is 0. The van der Waals surface area contributed by atoms with Crippen molar-refractivity contribution in [3.8, 4) is 0 Å². The van der Waals surface area contributed by atoms with Crippen LogP contribution in [-0.2, 0) is 32.9 Å². The van der Waals surface area contributed by atoms with E-state index in [0.717, 1.165) is 19.3 Å². The maximum Gasteiger partial charge on any atom is 0.269 e. The number of ether oxygens (including phenoxy) is 2. The standard InChI is InChI=1S/C27H58NO8PS/c1-10-12-13-14-15-16-17-18-19-20-21-22-25(27(4,33-8)34-9)38(31,32)26(3,11-2)36-37(29,30)35-24-23-28(5,6)7/h25H,10-24H2,1-9H3. The highest BCUT2D eigenvalue weighted by Gasteiger charge is 2.53. The molecular weight excluding hydrogens is 529 g/mol. The largest absolute Gasteiger partial charge is 0.756 e. The van der Waals surface area contributed by atoms with Crippen molar-refractivity contribution in [2.45, 2.75) is 127 Å². The Kier molecular flexibility index (Phi) is 17.7. The second-order valence-electron chi connectivity index (χ2n) is 11.7. The summed E-state index contributed by atoms with van der Waals surface area (Å²) in [5, 5.41) is -1.13. The van der Waals surface area contributed by atoms with E-state index < -0.39 is 33.6 Å². The van der Waals surface area contributed by atoms with Crippen molar-refractivity contribution < 1.29 is 40.9 Å². The lowest BCUT2D eigenvalue weighted by Crippen LogP contribution is -2.55. The molecule has 9 nitrogen and oxygen atoms in total. The molecule has 0 aromatic rings. The van der Waals surface area contributed by atoms with E-state index in [1.165, 1.54) is 66.1 Å². The molecule has 0 aliphatic carbocycles. The van der Waals surface area contributed by atoms with Crippen molar-refractivity contribution in [2.24, 2.45) is 0 Å². The van der Waals surface area contributed by atoms with Crippen LogP contribution >= 0.6 is 7.82 Å². The Balaban J connectivity index is 5.30. The van der Waals surface area contributed by atoms with Gasteiger partial charge in [0, 0.05) is 14.2 Å². The van der Waals surface area contributed by atoms with Gasteiger partial charge in [-0.15, -0.1) is 0 Å². The highest BCUT2D eigenvalue weighted by atomic mass is 32.2. The monoisotopic (exact) mass is 587 g/mol. The Bertz CT molecular complexity index is 782. The summed E-state index contributed by atoms with van der Waals surface area (Å²) >= 11 is 0. The normalized spacial score (nSPS) is 17.2. The van der Waals surface area contributed by atoms with Crippen LogP contribution in [0.25, 0.3) is 0 Å². The molecule has 0 aliphatic heterocycles. The van der Waals surface area contributed by atoms with Crippen LogP contribution in [0.5, 0.6) is 0 Å². The number of nitrogens with zero attached hydrogens (tertiary/aromatic N) is 1. The second-order valence-corrected chi connectivity index (χ2v) is 15.5. The van der Waals surface area contributed by atoms with E-state index in [2.05, 4.69) is 6.92 Å². The number of phosphoric acid groups is 1. The Morgan fingerprint density at radius 2 is 1.29 bits per heavy atom. The molecule has 0 saturated carbocycles. The topological polar surface area (TPSA) is 111 Å². The number of unbranched alkanes of at least 4 members (excludes halogenated alkanes) is 10. The van der Waals surface area contributed by atoms with Crippen LogP contribution in [-0.4, -0.2) is 77.4 Å². The van der Waals surface area contributed by atoms with Gasteiger partial charge in [-0.1, -0.05) is 84.5 Å². The smallest absolute Gasteiger partial charge is 0.269 e. The van der Waals surface area contributed by atoms with Crippen LogP contribution in [0.2, 0.25) is 0 Å². The van der Waals surface area contributed by atoms with Crippen LogP contribution in [0.3, 0.4) is 0 Å². The molecule has 0 rings (SSSR count). The molecule has 0 heterocycles. The third kappa shape index (κ3) is 13.5. The zero-order valence-electron chi connectivity index (χ0n) is 25.8. The molecule has 3 unspecified atom stereocenters. The first-order valence-corrected chi connectivity index (χ1v) is 17.4. The van der Waals surface area contributed by atoms with E-state index in [9.17, 15) is 17.9 Å². The van der Waals surface area contributed by atoms with Crippen molar-refractivity contribution in [3.05, 3.63) is 0 Å². The van der Waals surface area contributed by atoms with Crippen LogP contribution in [0.4, 0.5) is 0 Å². The summed E-state index contributed by atoms with van der Waals surface area (Å²) in [7, 11) is -0.641. The molecule has 0 radical (unpaired) electrons. The minimum Gasteiger partial charge on any atom is -0.756 e. The molecule has 0 amide bonds. The number of quaternary nitrogens is 1. The first kappa shape index (κ1) is 37.9. The van der Waals surface area contributed by atoms with Crippen LogP contribution in [0.1, 0.15) is 111 Å². The molecule has 0 aliphatic rings. The molecule has 0 aromatic carbocycles. The Hall–Kier alpha value is -0.0600. The molecule has 0 saturated heterocycles. The maximum atomic E-state index is 14.0. The summed E-state index contributed by atoms with van der Waals surface area (Å²) < 4.78 is 62.4. The number of methoxy groups -OCH3 is 2. The second kappa shape index (κ2) is 17.7. The van der Waals surface area contributed by atoms with Crippen LogP contribution in [0, 0.1) is 0 Å². The van der Waals surface area contributed by atoms with Crippen LogP contribution < -0.4 is 4.89 Å². The van der Waals surface area contributed by atoms with Gasteiger partial charge in [-0.25, -0.2) is 8.42 Å². The van der Waals surface area contributed by atoms with Gasteiger partial charge in [-0.2, -0.15) is 0 Å². The lowest BCUT2D eigenvalue weighted by molar-refractivity contribution is -0.870.